The van der Waals surface area contributed by atoms with Crippen molar-refractivity contribution in [3.05, 3.63) is 36.2 Å². The molecule has 1 aromatic carbocycles. The zero-order valence-electron chi connectivity index (χ0n) is 26.5. The molecule has 3 rings (SSSR count). The highest BCUT2D eigenvalue weighted by atomic mass is 16.5. The Kier molecular flexibility index (Phi) is 15.4. The average molecular weight is 657 g/mol. The van der Waals surface area contributed by atoms with E-state index in [4.69, 9.17) is 31.4 Å². The topological polar surface area (TPSA) is 256 Å². The average Bonchev–Trinajstić information content (AvgIpc) is 3.03. The van der Waals surface area contributed by atoms with Crippen molar-refractivity contribution in [2.45, 2.75) is 32.2 Å². The first-order valence-electron chi connectivity index (χ1n) is 15.3. The summed E-state index contributed by atoms with van der Waals surface area (Å²) >= 11 is 0. The van der Waals surface area contributed by atoms with Crippen molar-refractivity contribution < 1.29 is 33.7 Å². The molecule has 9 N–H and O–H groups in total. The van der Waals surface area contributed by atoms with Gasteiger partial charge in [-0.3, -0.25) is 14.4 Å². The van der Waals surface area contributed by atoms with Crippen molar-refractivity contribution in [2.24, 2.45) is 11.7 Å². The monoisotopic (exact) mass is 656 g/mol. The Morgan fingerprint density at radius 3 is 2.26 bits per heavy atom. The Morgan fingerprint density at radius 1 is 0.936 bits per heavy atom. The molecule has 47 heavy (non-hydrogen) atoms. The lowest BCUT2D eigenvalue weighted by Crippen LogP contribution is -2.32. The van der Waals surface area contributed by atoms with Crippen molar-refractivity contribution in [3.8, 4) is 0 Å². The molecule has 17 nitrogen and oxygen atoms in total. The third kappa shape index (κ3) is 12.9. The van der Waals surface area contributed by atoms with Crippen LogP contribution >= 0.6 is 0 Å². The maximum absolute atomic E-state index is 12.8. The van der Waals surface area contributed by atoms with Crippen LogP contribution in [0.1, 0.15) is 31.4 Å². The number of anilines is 4. The van der Waals surface area contributed by atoms with Crippen LogP contribution in [0.5, 0.6) is 0 Å². The fourth-order valence-electron chi connectivity index (χ4n) is 4.28. The van der Waals surface area contributed by atoms with Gasteiger partial charge in [0, 0.05) is 44.6 Å². The second kappa shape index (κ2) is 19.7. The molecule has 0 saturated heterocycles. The van der Waals surface area contributed by atoms with Crippen molar-refractivity contribution in [1.82, 2.24) is 25.3 Å². The van der Waals surface area contributed by atoms with Gasteiger partial charge >= 0.3 is 5.97 Å². The van der Waals surface area contributed by atoms with Gasteiger partial charge in [-0.05, 0) is 50.1 Å². The van der Waals surface area contributed by atoms with E-state index >= 15 is 0 Å². The van der Waals surface area contributed by atoms with Crippen LogP contribution in [0.15, 0.2) is 30.5 Å². The number of ether oxygens (including phenoxy) is 3. The Balaban J connectivity index is 1.35. The van der Waals surface area contributed by atoms with Crippen molar-refractivity contribution in [1.29, 1.82) is 0 Å². The van der Waals surface area contributed by atoms with Gasteiger partial charge < -0.3 is 52.1 Å². The molecule has 0 radical (unpaired) electrons. The van der Waals surface area contributed by atoms with Crippen LogP contribution in [0.4, 0.5) is 23.1 Å². The minimum Gasteiger partial charge on any atom is -0.481 e. The lowest BCUT2D eigenvalue weighted by Gasteiger charge is -2.19. The molecule has 2 heterocycles. The molecule has 2 amide bonds. The number of carboxylic acids is 1. The first-order chi connectivity index (χ1) is 22.7. The third-order valence-corrected chi connectivity index (χ3v) is 6.78. The predicted octanol–water partition coefficient (Wildman–Crippen LogP) is 0.545. The molecule has 0 saturated carbocycles. The first-order valence-corrected chi connectivity index (χ1v) is 15.3. The van der Waals surface area contributed by atoms with Gasteiger partial charge in [0.15, 0.2) is 17.0 Å². The molecule has 17 heteroatoms. The Labute approximate surface area is 272 Å². The number of nitrogens with one attached hydrogen (secondary N) is 2. The summed E-state index contributed by atoms with van der Waals surface area (Å²) in [7, 11) is 1.85. The smallest absolute Gasteiger partial charge is 0.316 e. The molecule has 0 bridgehead atoms. The van der Waals surface area contributed by atoms with Crippen LogP contribution in [0, 0.1) is 5.92 Å². The van der Waals surface area contributed by atoms with Crippen LogP contribution in [-0.2, 0) is 35.1 Å². The van der Waals surface area contributed by atoms with Gasteiger partial charge in [-0.15, -0.1) is 0 Å². The number of benzene rings is 1. The number of fused-ring (bicyclic) bond motifs is 1. The second-order valence-electron chi connectivity index (χ2n) is 10.5. The molecule has 0 aliphatic heterocycles. The van der Waals surface area contributed by atoms with Crippen LogP contribution in [0.2, 0.25) is 0 Å². The first kappa shape index (κ1) is 36.8. The number of carbonyl (C=O) groups excluding carboxylic acids is 2. The maximum atomic E-state index is 12.8. The molecule has 2 aromatic heterocycles. The number of nitrogen functional groups attached to an aromatic ring is 2. The van der Waals surface area contributed by atoms with E-state index in [1.165, 1.54) is 0 Å². The number of amides is 2. The summed E-state index contributed by atoms with van der Waals surface area (Å²) in [6.07, 6.45) is 2.72. The number of nitrogens with zero attached hydrogens (tertiary/aromatic N) is 5. The molecule has 0 aliphatic carbocycles. The molecular weight excluding hydrogens is 612 g/mol. The predicted molar refractivity (Wildman–Crippen MR) is 175 cm³/mol. The quantitative estimate of drug-likeness (QED) is 0.0637. The van der Waals surface area contributed by atoms with E-state index in [9.17, 15) is 19.5 Å². The highest BCUT2D eigenvalue weighted by Crippen LogP contribution is 2.21. The number of hydrogen-bond acceptors (Lipinski definition) is 14. The fourth-order valence-corrected chi connectivity index (χ4v) is 4.28. The fraction of sp³-hybridized carbons (Fsp3) is 0.500. The molecule has 256 valence electrons. The lowest BCUT2D eigenvalue weighted by atomic mass is 10.0. The van der Waals surface area contributed by atoms with Gasteiger partial charge in [-0.1, -0.05) is 0 Å². The highest BCUT2D eigenvalue weighted by Gasteiger charge is 2.27. The summed E-state index contributed by atoms with van der Waals surface area (Å²) in [4.78, 5) is 55.4. The van der Waals surface area contributed by atoms with Gasteiger partial charge in [0.05, 0.1) is 44.9 Å². The largest absolute Gasteiger partial charge is 0.481 e. The molecule has 0 spiro atoms. The minimum atomic E-state index is -1.39. The SMILES string of the molecule is CN(Cc1cnc2nc(N)nc(N)c2n1)c1ccc(NC(=O)C(CCC(=O)NCCCOCCOCCOCCCN)C(=O)O)cc1. The Morgan fingerprint density at radius 2 is 1.60 bits per heavy atom. The standard InChI is InChI=1S/C30H44N10O7/c1-40(19-21-18-35-27-25(36-21)26(32)38-30(33)39-27)22-6-4-20(5-7-22)37-28(42)23(29(43)44)8-9-24(41)34-11-3-13-46-15-17-47-16-14-45-12-2-10-31/h4-7,18,23H,2-3,8-17,19,31H2,1H3,(H,34,41)(H,37,42)(H,43,44)(H4,32,33,35,38,39). The summed E-state index contributed by atoms with van der Waals surface area (Å²) < 4.78 is 16.2. The minimum absolute atomic E-state index is 0.0184. The van der Waals surface area contributed by atoms with E-state index in [0.29, 0.717) is 88.2 Å². The van der Waals surface area contributed by atoms with Crippen molar-refractivity contribution >= 4 is 52.1 Å². The Hall–Kier alpha value is -4.71. The molecule has 0 aliphatic rings. The number of carboxylic acid groups (broad SMARTS) is 1. The number of aliphatic carboxylic acids is 1. The van der Waals surface area contributed by atoms with E-state index < -0.39 is 17.8 Å². The van der Waals surface area contributed by atoms with Crippen LogP contribution in [0.3, 0.4) is 0 Å². The zero-order chi connectivity index (χ0) is 34.0. The van der Waals surface area contributed by atoms with Gasteiger partial charge in [0.25, 0.3) is 0 Å². The van der Waals surface area contributed by atoms with E-state index in [2.05, 4.69) is 30.6 Å². The molecule has 3 aromatic rings. The van der Waals surface area contributed by atoms with Crippen LogP contribution in [-0.4, -0.2) is 103 Å². The van der Waals surface area contributed by atoms with Crippen LogP contribution < -0.4 is 32.7 Å². The highest BCUT2D eigenvalue weighted by molar-refractivity contribution is 6.04. The van der Waals surface area contributed by atoms with E-state index in [1.54, 1.807) is 30.5 Å². The van der Waals surface area contributed by atoms with Crippen molar-refractivity contribution in [3.63, 3.8) is 0 Å². The van der Waals surface area contributed by atoms with E-state index in [1.807, 2.05) is 11.9 Å². The Bertz CT molecular complexity index is 1440. The van der Waals surface area contributed by atoms with Gasteiger partial charge in [0.1, 0.15) is 5.92 Å². The van der Waals surface area contributed by atoms with Gasteiger partial charge in [-0.25, -0.2) is 9.97 Å². The molecular formula is C30H44N10O7. The number of carbonyl (C=O) groups is 3. The number of rotatable bonds is 22. The number of aromatic nitrogens is 4. The summed E-state index contributed by atoms with van der Waals surface area (Å²) in [5.41, 5.74) is 19.4. The van der Waals surface area contributed by atoms with Gasteiger partial charge in [-0.2, -0.15) is 9.97 Å². The maximum Gasteiger partial charge on any atom is 0.316 e. The van der Waals surface area contributed by atoms with Crippen molar-refractivity contribution in [2.75, 3.05) is 81.5 Å². The van der Waals surface area contributed by atoms with Crippen LogP contribution in [0.25, 0.3) is 11.2 Å². The molecule has 0 fully saturated rings. The molecule has 1 unspecified atom stereocenters. The summed E-state index contributed by atoms with van der Waals surface area (Å²) in [5.74, 6) is -3.60. The second-order valence-corrected chi connectivity index (χ2v) is 10.5. The van der Waals surface area contributed by atoms with E-state index in [0.717, 1.165) is 12.1 Å². The summed E-state index contributed by atoms with van der Waals surface area (Å²) in [5, 5.41) is 15.0. The summed E-state index contributed by atoms with van der Waals surface area (Å²) in [6.45, 7) is 4.27. The number of nitrogens with two attached hydrogens (primary N) is 3. The summed E-state index contributed by atoms with van der Waals surface area (Å²) in [6, 6.07) is 6.85. The van der Waals surface area contributed by atoms with E-state index in [-0.39, 0.29) is 30.5 Å². The zero-order valence-corrected chi connectivity index (χ0v) is 26.5. The lowest BCUT2D eigenvalue weighted by molar-refractivity contribution is -0.145. The molecule has 1 atom stereocenters. The van der Waals surface area contributed by atoms with Gasteiger partial charge in [0.2, 0.25) is 17.8 Å². The third-order valence-electron chi connectivity index (χ3n) is 6.78. The normalized spacial score (nSPS) is 11.7. The number of hydrogen-bond donors (Lipinski definition) is 6.